The predicted octanol–water partition coefficient (Wildman–Crippen LogP) is 3.33. The number of nitrogens with one attached hydrogen (secondary N) is 1. The number of hydrazine groups is 1. The average Bonchev–Trinajstić information content (AvgIpc) is 2.87. The number of ether oxygens (including phenoxy) is 1. The smallest absolute Gasteiger partial charge is 0.250 e. The van der Waals surface area contributed by atoms with Gasteiger partial charge in [-0.3, -0.25) is 19.5 Å². The van der Waals surface area contributed by atoms with Crippen LogP contribution in [0.3, 0.4) is 0 Å². The van der Waals surface area contributed by atoms with Crippen LogP contribution >= 0.6 is 11.6 Å². The van der Waals surface area contributed by atoms with Crippen LogP contribution in [0, 0.1) is 0 Å². The Morgan fingerprint density at radius 2 is 1.50 bits per heavy atom. The maximum absolute atomic E-state index is 12.5. The number of unbranched alkanes of at least 4 members (excludes halogenated alkanes) is 2. The van der Waals surface area contributed by atoms with E-state index in [1.807, 2.05) is 12.1 Å². The predicted molar refractivity (Wildman–Crippen MR) is 135 cm³/mol. The van der Waals surface area contributed by atoms with Gasteiger partial charge in [0, 0.05) is 56.4 Å². The first-order valence-corrected chi connectivity index (χ1v) is 12.3. The minimum absolute atomic E-state index is 0.0269. The minimum atomic E-state index is -0.0269. The third-order valence-electron chi connectivity index (χ3n) is 6.14. The molecule has 1 fully saturated rings. The first kappa shape index (κ1) is 26.2. The molecule has 0 aliphatic carbocycles. The number of hydrogen-bond acceptors (Lipinski definition) is 6. The van der Waals surface area contributed by atoms with Crippen LogP contribution in [0.2, 0.25) is 5.02 Å². The highest BCUT2D eigenvalue weighted by Gasteiger charge is 2.19. The number of hydrogen-bond donors (Lipinski definition) is 1. The summed E-state index contributed by atoms with van der Waals surface area (Å²) in [6.07, 6.45) is 3.24. The number of likely N-dealkylation sites (N-methyl/N-ethyl adjacent to an activating group) is 1. The quantitative estimate of drug-likeness (QED) is 0.282. The third-order valence-corrected chi connectivity index (χ3v) is 6.40. The number of amides is 1. The van der Waals surface area contributed by atoms with Gasteiger partial charge in [0.05, 0.1) is 13.2 Å². The van der Waals surface area contributed by atoms with E-state index in [1.54, 1.807) is 50.5 Å². The van der Waals surface area contributed by atoms with Crippen molar-refractivity contribution in [3.63, 3.8) is 0 Å². The first-order chi connectivity index (χ1) is 16.5. The van der Waals surface area contributed by atoms with Gasteiger partial charge in [-0.15, -0.1) is 0 Å². The molecule has 2 aromatic rings. The maximum Gasteiger partial charge on any atom is 0.250 e. The van der Waals surface area contributed by atoms with Crippen LogP contribution in [0.1, 0.15) is 35.2 Å². The zero-order valence-electron chi connectivity index (χ0n) is 20.1. The number of nitrogens with zero attached hydrogens (tertiary/aromatic N) is 3. The summed E-state index contributed by atoms with van der Waals surface area (Å²) < 4.78 is 5.84. The molecule has 7 nitrogen and oxygen atoms in total. The van der Waals surface area contributed by atoms with E-state index >= 15 is 0 Å². The van der Waals surface area contributed by atoms with Crippen molar-refractivity contribution >= 4 is 23.3 Å². The SMILES string of the molecule is CNN(C)C(=O)CN1CCN(CCCCCOc2ccc(C(=O)c3ccc(Cl)cc3)cc2)CC1. The van der Waals surface area contributed by atoms with Crippen molar-refractivity contribution in [2.24, 2.45) is 0 Å². The van der Waals surface area contributed by atoms with Gasteiger partial charge in [-0.25, -0.2) is 5.43 Å². The summed E-state index contributed by atoms with van der Waals surface area (Å²) in [5.74, 6) is 0.849. The molecule has 34 heavy (non-hydrogen) atoms. The van der Waals surface area contributed by atoms with Crippen LogP contribution in [0.5, 0.6) is 5.75 Å². The summed E-state index contributed by atoms with van der Waals surface area (Å²) in [5, 5.41) is 2.15. The van der Waals surface area contributed by atoms with Crippen LogP contribution in [0.25, 0.3) is 0 Å². The van der Waals surface area contributed by atoms with Crippen LogP contribution in [0.15, 0.2) is 48.5 Å². The maximum atomic E-state index is 12.5. The summed E-state index contributed by atoms with van der Waals surface area (Å²) in [7, 11) is 3.50. The van der Waals surface area contributed by atoms with E-state index in [-0.39, 0.29) is 11.7 Å². The lowest BCUT2D eigenvalue weighted by atomic mass is 10.0. The minimum Gasteiger partial charge on any atom is -0.494 e. The van der Waals surface area contributed by atoms with Gasteiger partial charge >= 0.3 is 0 Å². The van der Waals surface area contributed by atoms with Gasteiger partial charge in [-0.05, 0) is 74.3 Å². The monoisotopic (exact) mass is 486 g/mol. The van der Waals surface area contributed by atoms with Crippen molar-refractivity contribution in [1.29, 1.82) is 0 Å². The van der Waals surface area contributed by atoms with Crippen LogP contribution < -0.4 is 10.2 Å². The Morgan fingerprint density at radius 3 is 2.12 bits per heavy atom. The van der Waals surface area contributed by atoms with E-state index in [0.29, 0.717) is 29.3 Å². The van der Waals surface area contributed by atoms with E-state index in [0.717, 1.165) is 57.7 Å². The van der Waals surface area contributed by atoms with Gasteiger partial charge in [0.2, 0.25) is 0 Å². The van der Waals surface area contributed by atoms with Gasteiger partial charge in [0.25, 0.3) is 5.91 Å². The highest BCUT2D eigenvalue weighted by Crippen LogP contribution is 2.17. The number of carbonyl (C=O) groups is 2. The molecule has 8 heteroatoms. The Balaban J connectivity index is 1.27. The molecular weight excluding hydrogens is 452 g/mol. The van der Waals surface area contributed by atoms with Gasteiger partial charge < -0.3 is 9.64 Å². The summed E-state index contributed by atoms with van der Waals surface area (Å²) in [4.78, 5) is 29.2. The molecule has 0 saturated carbocycles. The molecule has 0 atom stereocenters. The molecule has 1 heterocycles. The van der Waals surface area contributed by atoms with Crippen molar-refractivity contribution < 1.29 is 14.3 Å². The van der Waals surface area contributed by atoms with Gasteiger partial charge in [-0.1, -0.05) is 11.6 Å². The van der Waals surface area contributed by atoms with E-state index in [1.165, 1.54) is 5.01 Å². The average molecular weight is 487 g/mol. The van der Waals surface area contributed by atoms with E-state index in [9.17, 15) is 9.59 Å². The molecule has 1 N–H and O–H groups in total. The third kappa shape index (κ3) is 8.09. The number of rotatable bonds is 12. The van der Waals surface area contributed by atoms with Gasteiger partial charge in [-0.2, -0.15) is 0 Å². The summed E-state index contributed by atoms with van der Waals surface area (Å²) in [6.45, 7) is 6.10. The molecule has 3 rings (SSSR count). The second-order valence-electron chi connectivity index (χ2n) is 8.56. The second-order valence-corrected chi connectivity index (χ2v) is 9.00. The standard InChI is InChI=1S/C26H35ClN4O3/c1-28-29(2)25(32)20-31-17-15-30(16-18-31)14-4-3-5-19-34-24-12-8-22(9-13-24)26(33)21-6-10-23(27)11-7-21/h6-13,28H,3-5,14-20H2,1-2H3. The van der Waals surface area contributed by atoms with Crippen molar-refractivity contribution in [2.45, 2.75) is 19.3 Å². The van der Waals surface area contributed by atoms with Gasteiger partial charge in [0.15, 0.2) is 5.78 Å². The second kappa shape index (κ2) is 13.4. The summed E-state index contributed by atoms with van der Waals surface area (Å²) >= 11 is 5.89. The molecule has 0 aromatic heterocycles. The topological polar surface area (TPSA) is 65.1 Å². The summed E-state index contributed by atoms with van der Waals surface area (Å²) in [5.41, 5.74) is 4.10. The zero-order valence-corrected chi connectivity index (χ0v) is 20.9. The first-order valence-electron chi connectivity index (χ1n) is 11.9. The molecule has 1 aliphatic rings. The summed E-state index contributed by atoms with van der Waals surface area (Å²) in [6, 6.07) is 14.2. The number of ketones is 1. The van der Waals surface area contributed by atoms with Gasteiger partial charge in [0.1, 0.15) is 5.75 Å². The molecule has 0 unspecified atom stereocenters. The number of piperazine rings is 1. The fraction of sp³-hybridized carbons (Fsp3) is 0.462. The highest BCUT2D eigenvalue weighted by molar-refractivity contribution is 6.30. The lowest BCUT2D eigenvalue weighted by Gasteiger charge is -2.34. The molecule has 0 radical (unpaired) electrons. The molecule has 1 saturated heterocycles. The molecule has 0 spiro atoms. The Kier molecular flexibility index (Phi) is 10.3. The fourth-order valence-corrected chi connectivity index (χ4v) is 3.99. The molecule has 2 aromatic carbocycles. The number of carbonyl (C=O) groups excluding carboxylic acids is 2. The molecule has 1 amide bonds. The highest BCUT2D eigenvalue weighted by atomic mass is 35.5. The normalized spacial score (nSPS) is 14.7. The zero-order chi connectivity index (χ0) is 24.3. The van der Waals surface area contributed by atoms with Crippen LogP contribution in [-0.4, -0.2) is 86.5 Å². The largest absolute Gasteiger partial charge is 0.494 e. The van der Waals surface area contributed by atoms with Crippen molar-refractivity contribution in [3.05, 3.63) is 64.7 Å². The van der Waals surface area contributed by atoms with Crippen molar-refractivity contribution in [1.82, 2.24) is 20.2 Å². The van der Waals surface area contributed by atoms with Crippen LogP contribution in [-0.2, 0) is 4.79 Å². The van der Waals surface area contributed by atoms with E-state index in [4.69, 9.17) is 16.3 Å². The van der Waals surface area contributed by atoms with E-state index in [2.05, 4.69) is 15.2 Å². The molecular formula is C26H35ClN4O3. The van der Waals surface area contributed by atoms with Crippen molar-refractivity contribution in [2.75, 3.05) is 60.0 Å². The molecule has 0 bridgehead atoms. The Morgan fingerprint density at radius 1 is 0.912 bits per heavy atom. The van der Waals surface area contributed by atoms with E-state index < -0.39 is 0 Å². The number of halogens is 1. The van der Waals surface area contributed by atoms with Crippen molar-refractivity contribution in [3.8, 4) is 5.75 Å². The molecule has 1 aliphatic heterocycles. The Labute approximate surface area is 207 Å². The Hall–Kier alpha value is -2.45. The number of benzene rings is 2. The van der Waals surface area contributed by atoms with Crippen LogP contribution in [0.4, 0.5) is 0 Å². The lowest BCUT2D eigenvalue weighted by Crippen LogP contribution is -2.51. The lowest BCUT2D eigenvalue weighted by molar-refractivity contribution is -0.134. The molecule has 184 valence electrons. The fourth-order valence-electron chi connectivity index (χ4n) is 3.87. The Bertz CT molecular complexity index is 913.